The van der Waals surface area contributed by atoms with Crippen molar-refractivity contribution in [2.75, 3.05) is 18.1 Å². The van der Waals surface area contributed by atoms with E-state index >= 15 is 0 Å². The number of nitrogen functional groups attached to an aromatic ring is 2. The third-order valence-corrected chi connectivity index (χ3v) is 7.98. The number of hydrogen-bond acceptors (Lipinski definition) is 11. The molecule has 0 saturated carbocycles. The standard InChI is InChI=1S/C21H15N5O.C20H13N5/c22-12-13-27-18-9-5-4-8-15(18)16-10-11-17-20(24-16)19(26-21(23)25-17)14-6-2-1-3-7-14;21-12-13-6-8-14(9-7-13)16-10-11-17-19(23-16)18(25-20(22)24-17)15-4-2-1-3-5-15/h1-11H,13H2,(H2,23,25,26);1-11H,(H2,22,24,25). The molecule has 0 unspecified atom stereocenters. The highest BCUT2D eigenvalue weighted by Gasteiger charge is 2.14. The molecule has 4 aromatic carbocycles. The largest absolute Gasteiger partial charge is 0.478 e. The molecule has 52 heavy (non-hydrogen) atoms. The molecular formula is C41H28N10O. The molecule has 0 aliphatic rings. The number of nitriles is 2. The van der Waals surface area contributed by atoms with Crippen molar-refractivity contribution in [2.45, 2.75) is 0 Å². The lowest BCUT2D eigenvalue weighted by Gasteiger charge is -2.11. The van der Waals surface area contributed by atoms with Crippen LogP contribution >= 0.6 is 0 Å². The van der Waals surface area contributed by atoms with Crippen LogP contribution in [0.4, 0.5) is 11.9 Å². The van der Waals surface area contributed by atoms with E-state index < -0.39 is 0 Å². The Labute approximate surface area is 298 Å². The first-order valence-electron chi connectivity index (χ1n) is 16.1. The van der Waals surface area contributed by atoms with Gasteiger partial charge in [0.2, 0.25) is 11.9 Å². The molecule has 0 bridgehead atoms. The van der Waals surface area contributed by atoms with Crippen molar-refractivity contribution in [2.24, 2.45) is 0 Å². The van der Waals surface area contributed by atoms with E-state index in [0.717, 1.165) is 27.9 Å². The van der Waals surface area contributed by atoms with Gasteiger partial charge in [0.15, 0.2) is 6.61 Å². The molecule has 8 rings (SSSR count). The Morgan fingerprint density at radius 3 is 1.58 bits per heavy atom. The third kappa shape index (κ3) is 7.01. The number of anilines is 2. The summed E-state index contributed by atoms with van der Waals surface area (Å²) in [5, 5.41) is 17.7. The zero-order valence-electron chi connectivity index (χ0n) is 27.5. The molecule has 0 fully saturated rings. The lowest BCUT2D eigenvalue weighted by atomic mass is 10.1. The van der Waals surface area contributed by atoms with Gasteiger partial charge in [-0.1, -0.05) is 84.9 Å². The Hall–Kier alpha value is -7.76. The number of nitrogens with two attached hydrogens (primary N) is 2. The highest BCUT2D eigenvalue weighted by atomic mass is 16.5. The molecule has 4 heterocycles. The number of para-hydroxylation sites is 1. The van der Waals surface area contributed by atoms with Crippen LogP contribution in [-0.4, -0.2) is 36.5 Å². The number of rotatable bonds is 6. The van der Waals surface area contributed by atoms with Gasteiger partial charge in [-0.3, -0.25) is 0 Å². The zero-order valence-corrected chi connectivity index (χ0v) is 27.5. The topological polar surface area (TPSA) is 186 Å². The second-order valence-electron chi connectivity index (χ2n) is 11.4. The van der Waals surface area contributed by atoms with Crippen molar-refractivity contribution in [1.82, 2.24) is 29.9 Å². The van der Waals surface area contributed by atoms with E-state index in [1.54, 1.807) is 12.1 Å². The molecule has 248 valence electrons. The summed E-state index contributed by atoms with van der Waals surface area (Å²) in [6, 6.07) is 45.9. The highest BCUT2D eigenvalue weighted by molar-refractivity contribution is 5.92. The van der Waals surface area contributed by atoms with E-state index in [9.17, 15) is 0 Å². The summed E-state index contributed by atoms with van der Waals surface area (Å²) in [4.78, 5) is 26.9. The van der Waals surface area contributed by atoms with Crippen LogP contribution in [0.15, 0.2) is 133 Å². The average Bonchev–Trinajstić information content (AvgIpc) is 3.20. The summed E-state index contributed by atoms with van der Waals surface area (Å²) in [6.45, 7) is -0.0283. The summed E-state index contributed by atoms with van der Waals surface area (Å²) in [5.74, 6) is 1.02. The lowest BCUT2D eigenvalue weighted by molar-refractivity contribution is 0.369. The van der Waals surface area contributed by atoms with E-state index in [4.69, 9.17) is 36.7 Å². The van der Waals surface area contributed by atoms with Crippen molar-refractivity contribution in [3.8, 4) is 62.9 Å². The first-order valence-corrected chi connectivity index (χ1v) is 16.1. The van der Waals surface area contributed by atoms with Crippen molar-refractivity contribution in [3.63, 3.8) is 0 Å². The Morgan fingerprint density at radius 2 is 1.02 bits per heavy atom. The van der Waals surface area contributed by atoms with Crippen LogP contribution in [-0.2, 0) is 0 Å². The number of pyridine rings is 2. The fourth-order valence-corrected chi connectivity index (χ4v) is 5.60. The van der Waals surface area contributed by atoms with Gasteiger partial charge >= 0.3 is 0 Å². The Kier molecular flexibility index (Phi) is 9.32. The normalized spacial score (nSPS) is 10.5. The minimum absolute atomic E-state index is 0.0283. The molecule has 11 heteroatoms. The van der Waals surface area contributed by atoms with Crippen LogP contribution < -0.4 is 16.2 Å². The van der Waals surface area contributed by atoms with E-state index in [0.29, 0.717) is 50.5 Å². The average molecular weight is 677 g/mol. The summed E-state index contributed by atoms with van der Waals surface area (Å²) in [5.41, 5.74) is 21.5. The minimum atomic E-state index is -0.0283. The van der Waals surface area contributed by atoms with Gasteiger partial charge in [0, 0.05) is 22.3 Å². The maximum atomic E-state index is 8.93. The molecule has 0 spiro atoms. The summed E-state index contributed by atoms with van der Waals surface area (Å²) >= 11 is 0. The van der Waals surface area contributed by atoms with Crippen LogP contribution in [0.3, 0.4) is 0 Å². The van der Waals surface area contributed by atoms with E-state index in [1.807, 2.05) is 127 Å². The molecular weight excluding hydrogens is 649 g/mol. The van der Waals surface area contributed by atoms with Crippen molar-refractivity contribution < 1.29 is 4.74 Å². The number of aromatic nitrogens is 6. The molecule has 0 amide bonds. The molecule has 4 N–H and O–H groups in total. The fourth-order valence-electron chi connectivity index (χ4n) is 5.60. The summed E-state index contributed by atoms with van der Waals surface area (Å²) in [6.07, 6.45) is 0. The molecule has 11 nitrogen and oxygen atoms in total. The second-order valence-corrected chi connectivity index (χ2v) is 11.4. The third-order valence-electron chi connectivity index (χ3n) is 7.98. The minimum Gasteiger partial charge on any atom is -0.478 e. The SMILES string of the molecule is N#CCOc1ccccc1-c1ccc2nc(N)nc(-c3ccccc3)c2n1.N#Cc1ccc(-c2ccc3nc(N)nc(-c4ccccc4)c3n2)cc1. The lowest BCUT2D eigenvalue weighted by Crippen LogP contribution is -2.01. The first kappa shape index (κ1) is 32.8. The Morgan fingerprint density at radius 1 is 0.500 bits per heavy atom. The number of nitrogens with zero attached hydrogens (tertiary/aromatic N) is 8. The van der Waals surface area contributed by atoms with Crippen LogP contribution in [0, 0.1) is 22.7 Å². The van der Waals surface area contributed by atoms with Gasteiger partial charge < -0.3 is 16.2 Å². The molecule has 4 aromatic heterocycles. The van der Waals surface area contributed by atoms with Crippen LogP contribution in [0.25, 0.3) is 67.1 Å². The van der Waals surface area contributed by atoms with Gasteiger partial charge in [0.25, 0.3) is 0 Å². The van der Waals surface area contributed by atoms with Crippen molar-refractivity contribution in [1.29, 1.82) is 10.5 Å². The molecule has 8 aromatic rings. The maximum absolute atomic E-state index is 8.93. The molecule has 0 aliphatic heterocycles. The number of benzene rings is 4. The first-order chi connectivity index (χ1) is 25.5. The Bertz CT molecular complexity index is 2620. The smallest absolute Gasteiger partial charge is 0.221 e. The fraction of sp³-hybridized carbons (Fsp3) is 0.0244. The molecule has 0 saturated heterocycles. The Balaban J connectivity index is 0.000000162. The van der Waals surface area contributed by atoms with E-state index in [1.165, 1.54) is 0 Å². The van der Waals surface area contributed by atoms with Crippen LogP contribution in [0.2, 0.25) is 0 Å². The zero-order chi connectivity index (χ0) is 35.9. The highest BCUT2D eigenvalue weighted by Crippen LogP contribution is 2.32. The van der Waals surface area contributed by atoms with E-state index in [-0.39, 0.29) is 18.5 Å². The predicted octanol–water partition coefficient (Wildman–Crippen LogP) is 7.66. The molecule has 0 atom stereocenters. The summed E-state index contributed by atoms with van der Waals surface area (Å²) < 4.78 is 5.53. The van der Waals surface area contributed by atoms with Gasteiger partial charge in [-0.2, -0.15) is 10.5 Å². The van der Waals surface area contributed by atoms with Gasteiger partial charge in [-0.05, 0) is 48.5 Å². The quantitative estimate of drug-likeness (QED) is 0.176. The molecule has 0 radical (unpaired) electrons. The van der Waals surface area contributed by atoms with Crippen molar-refractivity contribution in [3.05, 3.63) is 139 Å². The molecule has 0 aliphatic carbocycles. The number of hydrogen-bond donors (Lipinski definition) is 2. The van der Waals surface area contributed by atoms with Gasteiger partial charge in [0.05, 0.1) is 34.1 Å². The van der Waals surface area contributed by atoms with Crippen molar-refractivity contribution >= 4 is 34.0 Å². The second kappa shape index (κ2) is 14.8. The van der Waals surface area contributed by atoms with Crippen LogP contribution in [0.5, 0.6) is 5.75 Å². The van der Waals surface area contributed by atoms with E-state index in [2.05, 4.69) is 26.0 Å². The van der Waals surface area contributed by atoms with Crippen LogP contribution in [0.1, 0.15) is 5.56 Å². The monoisotopic (exact) mass is 676 g/mol. The predicted molar refractivity (Wildman–Crippen MR) is 201 cm³/mol. The van der Waals surface area contributed by atoms with Gasteiger partial charge in [-0.15, -0.1) is 0 Å². The number of ether oxygens (including phenoxy) is 1. The van der Waals surface area contributed by atoms with Gasteiger partial charge in [-0.25, -0.2) is 29.9 Å². The summed E-state index contributed by atoms with van der Waals surface area (Å²) in [7, 11) is 0. The maximum Gasteiger partial charge on any atom is 0.221 e. The number of fused-ring (bicyclic) bond motifs is 2. The van der Waals surface area contributed by atoms with Gasteiger partial charge in [0.1, 0.15) is 34.2 Å².